The van der Waals surface area contributed by atoms with Crippen LogP contribution < -0.4 is 5.32 Å². The van der Waals surface area contributed by atoms with Crippen molar-refractivity contribution in [3.8, 4) is 0 Å². The third-order valence-electron chi connectivity index (χ3n) is 3.63. The molecule has 0 radical (unpaired) electrons. The number of furan rings is 1. The van der Waals surface area contributed by atoms with E-state index in [0.29, 0.717) is 12.1 Å². The minimum absolute atomic E-state index is 0.0171. The Morgan fingerprint density at radius 2 is 1.96 bits per heavy atom. The number of nitrogens with zero attached hydrogens (tertiary/aromatic N) is 1. The number of amides is 2. The Morgan fingerprint density at radius 1 is 1.22 bits per heavy atom. The van der Waals surface area contributed by atoms with Crippen molar-refractivity contribution in [2.24, 2.45) is 0 Å². The van der Waals surface area contributed by atoms with Gasteiger partial charge in [-0.3, -0.25) is 9.59 Å². The van der Waals surface area contributed by atoms with Crippen LogP contribution in [0.15, 0.2) is 53.3 Å². The number of carbonyl (C=O) groups is 2. The highest BCUT2D eigenvalue weighted by Gasteiger charge is 2.20. The minimum Gasteiger partial charge on any atom is -0.472 e. The first-order valence-corrected chi connectivity index (χ1v) is 7.75. The lowest BCUT2D eigenvalue weighted by Gasteiger charge is -2.23. The van der Waals surface area contributed by atoms with Crippen molar-refractivity contribution in [1.29, 1.82) is 0 Å². The van der Waals surface area contributed by atoms with Crippen LogP contribution in [0.4, 0.5) is 0 Å². The van der Waals surface area contributed by atoms with Crippen LogP contribution in [-0.2, 0) is 11.3 Å². The number of hydrogen-bond acceptors (Lipinski definition) is 3. The molecule has 1 atom stereocenters. The molecule has 0 aliphatic carbocycles. The number of benzene rings is 1. The summed E-state index contributed by atoms with van der Waals surface area (Å²) in [6.07, 6.45) is 3.69. The quantitative estimate of drug-likeness (QED) is 0.855. The van der Waals surface area contributed by atoms with E-state index in [-0.39, 0.29) is 24.4 Å². The van der Waals surface area contributed by atoms with Gasteiger partial charge >= 0.3 is 0 Å². The van der Waals surface area contributed by atoms with E-state index in [2.05, 4.69) is 5.32 Å². The van der Waals surface area contributed by atoms with Gasteiger partial charge in [-0.25, -0.2) is 0 Å². The molecule has 2 aromatic rings. The molecule has 0 bridgehead atoms. The van der Waals surface area contributed by atoms with E-state index in [1.807, 2.05) is 44.2 Å². The van der Waals surface area contributed by atoms with Crippen molar-refractivity contribution in [3.05, 3.63) is 60.1 Å². The summed E-state index contributed by atoms with van der Waals surface area (Å²) in [7, 11) is 0. The topological polar surface area (TPSA) is 62.6 Å². The fraction of sp³-hybridized carbons (Fsp3) is 0.333. The molecular weight excluding hydrogens is 292 g/mol. The fourth-order valence-electron chi connectivity index (χ4n) is 2.17. The lowest BCUT2D eigenvalue weighted by molar-refractivity contribution is -0.122. The van der Waals surface area contributed by atoms with Crippen LogP contribution in [0, 0.1) is 0 Å². The Balaban J connectivity index is 2.11. The summed E-state index contributed by atoms with van der Waals surface area (Å²) in [5.41, 5.74) is 1.41. The first kappa shape index (κ1) is 16.8. The number of hydrogen-bond donors (Lipinski definition) is 1. The SMILES string of the molecule is CC[C@H](C)NC(=O)CN(Cc1ccccc1)C(=O)c1ccoc1. The maximum atomic E-state index is 12.6. The fourth-order valence-corrected chi connectivity index (χ4v) is 2.17. The monoisotopic (exact) mass is 314 g/mol. The third-order valence-corrected chi connectivity index (χ3v) is 3.63. The lowest BCUT2D eigenvalue weighted by Crippen LogP contribution is -2.43. The predicted octanol–water partition coefficient (Wildman–Crippen LogP) is 2.84. The predicted molar refractivity (Wildman–Crippen MR) is 87.8 cm³/mol. The van der Waals surface area contributed by atoms with Crippen molar-refractivity contribution in [3.63, 3.8) is 0 Å². The second kappa shape index (κ2) is 8.17. The zero-order valence-corrected chi connectivity index (χ0v) is 13.5. The standard InChI is InChI=1S/C18H22N2O3/c1-3-14(2)19-17(21)12-20(11-15-7-5-4-6-8-15)18(22)16-9-10-23-13-16/h4-10,13-14H,3,11-12H2,1-2H3,(H,19,21)/t14-/m0/s1. The molecule has 1 N–H and O–H groups in total. The molecule has 0 saturated carbocycles. The molecule has 1 aromatic heterocycles. The van der Waals surface area contributed by atoms with Gasteiger partial charge < -0.3 is 14.6 Å². The van der Waals surface area contributed by atoms with Gasteiger partial charge in [0.25, 0.3) is 5.91 Å². The minimum atomic E-state index is -0.220. The lowest BCUT2D eigenvalue weighted by atomic mass is 10.2. The average Bonchev–Trinajstić information content (AvgIpc) is 3.08. The number of carbonyl (C=O) groups excluding carboxylic acids is 2. The Morgan fingerprint density at radius 3 is 2.57 bits per heavy atom. The molecule has 23 heavy (non-hydrogen) atoms. The van der Waals surface area contributed by atoms with Crippen LogP contribution in [0.1, 0.15) is 36.2 Å². The smallest absolute Gasteiger partial charge is 0.257 e. The average molecular weight is 314 g/mol. The van der Waals surface area contributed by atoms with Crippen LogP contribution in [0.2, 0.25) is 0 Å². The Labute approximate surface area is 136 Å². The summed E-state index contributed by atoms with van der Waals surface area (Å²) in [5.74, 6) is -0.381. The second-order valence-corrected chi connectivity index (χ2v) is 5.54. The van der Waals surface area contributed by atoms with Gasteiger partial charge in [0.05, 0.1) is 11.8 Å². The van der Waals surface area contributed by atoms with Gasteiger partial charge in [-0.1, -0.05) is 37.3 Å². The van der Waals surface area contributed by atoms with E-state index in [4.69, 9.17) is 4.42 Å². The first-order chi connectivity index (χ1) is 11.1. The molecule has 0 saturated heterocycles. The molecule has 1 aromatic carbocycles. The first-order valence-electron chi connectivity index (χ1n) is 7.75. The Kier molecular flexibility index (Phi) is 5.97. The normalized spacial score (nSPS) is 11.7. The van der Waals surface area contributed by atoms with E-state index >= 15 is 0 Å². The van der Waals surface area contributed by atoms with E-state index in [1.165, 1.54) is 17.4 Å². The maximum absolute atomic E-state index is 12.6. The summed E-state index contributed by atoms with van der Waals surface area (Å²) >= 11 is 0. The second-order valence-electron chi connectivity index (χ2n) is 5.54. The van der Waals surface area contributed by atoms with Crippen LogP contribution in [0.5, 0.6) is 0 Å². The largest absolute Gasteiger partial charge is 0.472 e. The maximum Gasteiger partial charge on any atom is 0.257 e. The van der Waals surface area contributed by atoms with E-state index in [0.717, 1.165) is 12.0 Å². The molecule has 1 heterocycles. The molecule has 122 valence electrons. The van der Waals surface area contributed by atoms with E-state index < -0.39 is 0 Å². The van der Waals surface area contributed by atoms with Crippen LogP contribution in [0.25, 0.3) is 0 Å². The zero-order valence-electron chi connectivity index (χ0n) is 13.5. The molecule has 5 nitrogen and oxygen atoms in total. The molecular formula is C18H22N2O3. The van der Waals surface area contributed by atoms with Crippen molar-refractivity contribution in [1.82, 2.24) is 10.2 Å². The van der Waals surface area contributed by atoms with Gasteiger partial charge in [0.15, 0.2) is 0 Å². The highest BCUT2D eigenvalue weighted by atomic mass is 16.3. The highest BCUT2D eigenvalue weighted by molar-refractivity contribution is 5.96. The summed E-state index contributed by atoms with van der Waals surface area (Å²) in [6, 6.07) is 11.3. The summed E-state index contributed by atoms with van der Waals surface area (Å²) < 4.78 is 4.97. The van der Waals surface area contributed by atoms with Gasteiger partial charge in [0, 0.05) is 12.6 Å². The number of nitrogens with one attached hydrogen (secondary N) is 1. The van der Waals surface area contributed by atoms with Crippen molar-refractivity contribution in [2.45, 2.75) is 32.9 Å². The van der Waals surface area contributed by atoms with E-state index in [1.54, 1.807) is 6.07 Å². The molecule has 0 aliphatic rings. The van der Waals surface area contributed by atoms with Gasteiger partial charge in [0.1, 0.15) is 12.8 Å². The molecule has 2 amide bonds. The zero-order chi connectivity index (χ0) is 16.7. The third kappa shape index (κ3) is 4.98. The number of rotatable bonds is 7. The summed E-state index contributed by atoms with van der Waals surface area (Å²) in [4.78, 5) is 26.3. The molecule has 2 rings (SSSR count). The molecule has 0 aliphatic heterocycles. The van der Waals surface area contributed by atoms with Gasteiger partial charge in [-0.15, -0.1) is 0 Å². The van der Waals surface area contributed by atoms with Crippen LogP contribution in [0.3, 0.4) is 0 Å². The van der Waals surface area contributed by atoms with Crippen LogP contribution >= 0.6 is 0 Å². The van der Waals surface area contributed by atoms with E-state index in [9.17, 15) is 9.59 Å². The van der Waals surface area contributed by atoms with Gasteiger partial charge in [-0.05, 0) is 25.0 Å². The molecule has 0 fully saturated rings. The van der Waals surface area contributed by atoms with Gasteiger partial charge in [-0.2, -0.15) is 0 Å². The Hall–Kier alpha value is -2.56. The van der Waals surface area contributed by atoms with Crippen molar-refractivity contribution >= 4 is 11.8 Å². The van der Waals surface area contributed by atoms with Gasteiger partial charge in [0.2, 0.25) is 5.91 Å². The molecule has 5 heteroatoms. The van der Waals surface area contributed by atoms with Crippen molar-refractivity contribution < 1.29 is 14.0 Å². The Bertz CT molecular complexity index is 623. The van der Waals surface area contributed by atoms with Crippen LogP contribution in [-0.4, -0.2) is 29.3 Å². The summed E-state index contributed by atoms with van der Waals surface area (Å²) in [5, 5.41) is 2.89. The summed E-state index contributed by atoms with van der Waals surface area (Å²) in [6.45, 7) is 4.34. The highest BCUT2D eigenvalue weighted by Crippen LogP contribution is 2.10. The van der Waals surface area contributed by atoms with Crippen molar-refractivity contribution in [2.75, 3.05) is 6.54 Å². The molecule has 0 unspecified atom stereocenters. The molecule has 0 spiro atoms.